The quantitative estimate of drug-likeness (QED) is 0.722. The number of hydrogen-bond donors (Lipinski definition) is 2. The Kier molecular flexibility index (Phi) is 4.80. The molecular weight excluding hydrogens is 361 g/mol. The van der Waals surface area contributed by atoms with Crippen molar-refractivity contribution in [1.82, 2.24) is 10.2 Å². The molecule has 3 aromatic rings. The molecule has 0 spiro atoms. The number of carbonyl (C=O) groups excluding carboxylic acids is 2. The molecule has 2 N–H and O–H groups in total. The van der Waals surface area contributed by atoms with Crippen molar-refractivity contribution in [2.45, 2.75) is 19.6 Å². The van der Waals surface area contributed by atoms with E-state index in [-0.39, 0.29) is 17.8 Å². The third-order valence-corrected chi connectivity index (χ3v) is 4.58. The van der Waals surface area contributed by atoms with Gasteiger partial charge < -0.3 is 20.0 Å². The molecule has 2 heterocycles. The number of amides is 3. The smallest absolute Gasteiger partial charge is 0.322 e. The van der Waals surface area contributed by atoms with E-state index in [1.54, 1.807) is 53.6 Å². The SMILES string of the molecule is O=C(NCc1ccco1)c1ccc(NC(=O)N2Cc3ccc(F)cc3C2)cc1. The topological polar surface area (TPSA) is 74.6 Å². The van der Waals surface area contributed by atoms with Crippen molar-refractivity contribution in [3.8, 4) is 0 Å². The first kappa shape index (κ1) is 17.8. The average molecular weight is 379 g/mol. The Morgan fingerprint density at radius 3 is 2.57 bits per heavy atom. The summed E-state index contributed by atoms with van der Waals surface area (Å²) in [4.78, 5) is 26.2. The van der Waals surface area contributed by atoms with Gasteiger partial charge in [-0.05, 0) is 59.7 Å². The minimum atomic E-state index is -0.304. The molecule has 1 aromatic heterocycles. The van der Waals surface area contributed by atoms with Gasteiger partial charge in [0.05, 0.1) is 12.8 Å². The van der Waals surface area contributed by atoms with E-state index >= 15 is 0 Å². The van der Waals surface area contributed by atoms with Gasteiger partial charge in [0.25, 0.3) is 5.91 Å². The number of nitrogens with zero attached hydrogens (tertiary/aromatic N) is 1. The Morgan fingerprint density at radius 1 is 1.04 bits per heavy atom. The second-order valence-electron chi connectivity index (χ2n) is 6.54. The molecule has 2 aromatic carbocycles. The van der Waals surface area contributed by atoms with E-state index < -0.39 is 0 Å². The first-order valence-electron chi connectivity index (χ1n) is 8.82. The lowest BCUT2D eigenvalue weighted by atomic mass is 10.1. The van der Waals surface area contributed by atoms with Crippen molar-refractivity contribution in [3.63, 3.8) is 0 Å². The van der Waals surface area contributed by atoms with Crippen LogP contribution in [0.1, 0.15) is 27.2 Å². The number of rotatable bonds is 4. The Morgan fingerprint density at radius 2 is 1.82 bits per heavy atom. The number of hydrogen-bond acceptors (Lipinski definition) is 3. The van der Waals surface area contributed by atoms with Gasteiger partial charge in [-0.15, -0.1) is 0 Å². The van der Waals surface area contributed by atoms with Crippen LogP contribution in [0.2, 0.25) is 0 Å². The van der Waals surface area contributed by atoms with Crippen molar-refractivity contribution in [1.29, 1.82) is 0 Å². The first-order valence-corrected chi connectivity index (χ1v) is 8.82. The minimum absolute atomic E-state index is 0.230. The number of urea groups is 1. The Hall–Kier alpha value is -3.61. The normalized spacial score (nSPS) is 12.5. The number of furan rings is 1. The van der Waals surface area contributed by atoms with Crippen LogP contribution in [-0.2, 0) is 19.6 Å². The summed E-state index contributed by atoms with van der Waals surface area (Å²) in [6.45, 7) is 1.11. The van der Waals surface area contributed by atoms with Crippen molar-refractivity contribution in [2.75, 3.05) is 5.32 Å². The van der Waals surface area contributed by atoms with Crippen LogP contribution in [-0.4, -0.2) is 16.8 Å². The highest BCUT2D eigenvalue weighted by molar-refractivity contribution is 5.95. The molecule has 1 aliphatic rings. The van der Waals surface area contributed by atoms with Gasteiger partial charge in [0.15, 0.2) is 0 Å². The number of halogens is 1. The van der Waals surface area contributed by atoms with E-state index in [1.165, 1.54) is 12.1 Å². The summed E-state index contributed by atoms with van der Waals surface area (Å²) in [6.07, 6.45) is 1.55. The number of carbonyl (C=O) groups is 2. The molecule has 28 heavy (non-hydrogen) atoms. The molecular formula is C21H18FN3O3. The summed E-state index contributed by atoms with van der Waals surface area (Å²) in [6, 6.07) is 14.4. The standard InChI is InChI=1S/C21H18FN3O3/c22-17-6-3-15-12-25(13-16(15)10-17)21(27)24-18-7-4-14(5-8-18)20(26)23-11-19-2-1-9-28-19/h1-10H,11-13H2,(H,23,26)(H,24,27). The molecule has 1 aliphatic heterocycles. The maximum Gasteiger partial charge on any atom is 0.322 e. The summed E-state index contributed by atoms with van der Waals surface area (Å²) < 4.78 is 18.5. The molecule has 3 amide bonds. The van der Waals surface area contributed by atoms with Crippen molar-refractivity contribution >= 4 is 17.6 Å². The Labute approximate surface area is 161 Å². The summed E-state index contributed by atoms with van der Waals surface area (Å²) in [5, 5.41) is 5.56. The van der Waals surface area contributed by atoms with Crippen LogP contribution < -0.4 is 10.6 Å². The molecule has 0 saturated heterocycles. The average Bonchev–Trinajstić information content (AvgIpc) is 3.36. The molecule has 0 radical (unpaired) electrons. The predicted octanol–water partition coefficient (Wildman–Crippen LogP) is 3.90. The predicted molar refractivity (Wildman–Crippen MR) is 101 cm³/mol. The van der Waals surface area contributed by atoms with E-state index in [0.29, 0.717) is 36.6 Å². The molecule has 0 fully saturated rings. The highest BCUT2D eigenvalue weighted by atomic mass is 19.1. The van der Waals surface area contributed by atoms with E-state index in [1.807, 2.05) is 0 Å². The fourth-order valence-electron chi connectivity index (χ4n) is 3.10. The van der Waals surface area contributed by atoms with Gasteiger partial charge >= 0.3 is 6.03 Å². The zero-order valence-corrected chi connectivity index (χ0v) is 14.9. The zero-order chi connectivity index (χ0) is 19.5. The third-order valence-electron chi connectivity index (χ3n) is 4.58. The lowest BCUT2D eigenvalue weighted by Crippen LogP contribution is -2.30. The second-order valence-corrected chi connectivity index (χ2v) is 6.54. The molecule has 6 nitrogen and oxygen atoms in total. The lowest BCUT2D eigenvalue weighted by molar-refractivity contribution is 0.0948. The van der Waals surface area contributed by atoms with Gasteiger partial charge in [-0.2, -0.15) is 0 Å². The summed E-state index contributed by atoms with van der Waals surface area (Å²) in [5.41, 5.74) is 2.82. The Bertz CT molecular complexity index is 1000. The molecule has 142 valence electrons. The van der Waals surface area contributed by atoms with Crippen molar-refractivity contribution in [2.24, 2.45) is 0 Å². The summed E-state index contributed by atoms with van der Waals surface area (Å²) in [5.74, 6) is 0.136. The number of nitrogens with one attached hydrogen (secondary N) is 2. The monoisotopic (exact) mass is 379 g/mol. The minimum Gasteiger partial charge on any atom is -0.467 e. The fraction of sp³-hybridized carbons (Fsp3) is 0.143. The second kappa shape index (κ2) is 7.56. The lowest BCUT2D eigenvalue weighted by Gasteiger charge is -2.16. The molecule has 0 unspecified atom stereocenters. The molecule has 0 aliphatic carbocycles. The van der Waals surface area contributed by atoms with Gasteiger partial charge in [0, 0.05) is 24.3 Å². The maximum absolute atomic E-state index is 13.3. The largest absolute Gasteiger partial charge is 0.467 e. The van der Waals surface area contributed by atoms with Gasteiger partial charge in [0.1, 0.15) is 11.6 Å². The molecule has 7 heteroatoms. The number of anilines is 1. The summed E-state index contributed by atoms with van der Waals surface area (Å²) in [7, 11) is 0. The van der Waals surface area contributed by atoms with Crippen LogP contribution in [0, 0.1) is 5.82 Å². The highest BCUT2D eigenvalue weighted by Crippen LogP contribution is 2.24. The third kappa shape index (κ3) is 3.88. The van der Waals surface area contributed by atoms with Crippen molar-refractivity contribution in [3.05, 3.63) is 89.1 Å². The van der Waals surface area contributed by atoms with Gasteiger partial charge in [-0.25, -0.2) is 9.18 Å². The summed E-state index contributed by atoms with van der Waals surface area (Å²) >= 11 is 0. The van der Waals surface area contributed by atoms with E-state index in [0.717, 1.165) is 11.1 Å². The molecule has 0 bridgehead atoms. The zero-order valence-electron chi connectivity index (χ0n) is 14.9. The van der Waals surface area contributed by atoms with E-state index in [4.69, 9.17) is 4.42 Å². The molecule has 0 saturated carbocycles. The van der Waals surface area contributed by atoms with Gasteiger partial charge in [-0.1, -0.05) is 6.07 Å². The van der Waals surface area contributed by atoms with Crippen LogP contribution in [0.15, 0.2) is 65.3 Å². The van der Waals surface area contributed by atoms with Gasteiger partial charge in [-0.3, -0.25) is 4.79 Å². The first-order chi connectivity index (χ1) is 13.6. The highest BCUT2D eigenvalue weighted by Gasteiger charge is 2.23. The van der Waals surface area contributed by atoms with Gasteiger partial charge in [0.2, 0.25) is 0 Å². The fourth-order valence-corrected chi connectivity index (χ4v) is 3.10. The number of fused-ring (bicyclic) bond motifs is 1. The van der Waals surface area contributed by atoms with E-state index in [9.17, 15) is 14.0 Å². The van der Waals surface area contributed by atoms with Crippen LogP contribution in [0.5, 0.6) is 0 Å². The molecule has 4 rings (SSSR count). The van der Waals surface area contributed by atoms with Crippen LogP contribution >= 0.6 is 0 Å². The van der Waals surface area contributed by atoms with Crippen LogP contribution in [0.4, 0.5) is 14.9 Å². The maximum atomic E-state index is 13.3. The number of benzene rings is 2. The van der Waals surface area contributed by atoms with Crippen LogP contribution in [0.3, 0.4) is 0 Å². The Balaban J connectivity index is 1.33. The van der Waals surface area contributed by atoms with Crippen molar-refractivity contribution < 1.29 is 18.4 Å². The van der Waals surface area contributed by atoms with E-state index in [2.05, 4.69) is 10.6 Å². The molecule has 0 atom stereocenters. The van der Waals surface area contributed by atoms with Crippen LogP contribution in [0.25, 0.3) is 0 Å².